The smallest absolute Gasteiger partial charge is 0.0850 e. The molecule has 0 bridgehead atoms. The maximum absolute atomic E-state index is 10.6. The van der Waals surface area contributed by atoms with Gasteiger partial charge in [-0.15, -0.1) is 0 Å². The van der Waals surface area contributed by atoms with E-state index in [0.717, 1.165) is 41.5 Å². The molecule has 0 radical (unpaired) electrons. The quantitative estimate of drug-likeness (QED) is 0.926. The van der Waals surface area contributed by atoms with Gasteiger partial charge in [0.2, 0.25) is 0 Å². The van der Waals surface area contributed by atoms with Crippen LogP contribution >= 0.6 is 23.4 Å². The second-order valence-electron chi connectivity index (χ2n) is 5.10. The largest absolute Gasteiger partial charge is 0.389 e. The van der Waals surface area contributed by atoms with Crippen LogP contribution in [0.2, 0.25) is 5.02 Å². The molecule has 0 saturated carbocycles. The van der Waals surface area contributed by atoms with Gasteiger partial charge in [-0.1, -0.05) is 25.4 Å². The topological polar surface area (TPSA) is 38.0 Å². The minimum absolute atomic E-state index is 0.525. The maximum Gasteiger partial charge on any atom is 0.0850 e. The molecule has 18 heavy (non-hydrogen) atoms. The average molecular weight is 289 g/mol. The number of nitrogens with zero attached hydrogens (tertiary/aromatic N) is 2. The van der Waals surface area contributed by atoms with Crippen molar-refractivity contribution in [3.8, 4) is 0 Å². The molecular weight excluding hydrogens is 268 g/mol. The molecule has 0 spiro atoms. The van der Waals surface area contributed by atoms with Crippen LogP contribution in [-0.4, -0.2) is 31.5 Å². The van der Waals surface area contributed by atoms with Crippen molar-refractivity contribution in [2.24, 2.45) is 0 Å². The Kier molecular flexibility index (Phi) is 4.29. The molecule has 5 heteroatoms. The molecule has 3 nitrogen and oxygen atoms in total. The number of aromatic nitrogens is 2. The molecule has 1 aliphatic heterocycles. The van der Waals surface area contributed by atoms with Crippen LogP contribution in [0.1, 0.15) is 38.6 Å². The summed E-state index contributed by atoms with van der Waals surface area (Å²) in [5.74, 6) is 0.793. The Morgan fingerprint density at radius 1 is 1.56 bits per heavy atom. The summed E-state index contributed by atoms with van der Waals surface area (Å²) >= 11 is 8.22. The Balaban J connectivity index is 2.25. The first-order valence-electron chi connectivity index (χ1n) is 6.57. The highest BCUT2D eigenvalue weighted by molar-refractivity contribution is 8.00. The van der Waals surface area contributed by atoms with Crippen molar-refractivity contribution < 1.29 is 5.11 Å². The minimum Gasteiger partial charge on any atom is -0.389 e. The fourth-order valence-corrected chi connectivity index (χ4v) is 4.15. The number of hydrogen-bond acceptors (Lipinski definition) is 3. The van der Waals surface area contributed by atoms with Crippen molar-refractivity contribution in [2.75, 3.05) is 5.75 Å². The number of thioether (sulfide) groups is 1. The molecule has 1 saturated heterocycles. The zero-order valence-electron chi connectivity index (χ0n) is 11.2. The molecule has 2 heterocycles. The van der Waals surface area contributed by atoms with Crippen LogP contribution in [0.3, 0.4) is 0 Å². The first-order chi connectivity index (χ1) is 8.49. The van der Waals surface area contributed by atoms with Crippen molar-refractivity contribution >= 4 is 23.4 Å². The van der Waals surface area contributed by atoms with E-state index in [-0.39, 0.29) is 0 Å². The Hall–Kier alpha value is -0.190. The molecule has 1 aromatic heterocycles. The molecular formula is C13H21ClN2OS. The fourth-order valence-electron chi connectivity index (χ4n) is 2.57. The van der Waals surface area contributed by atoms with Gasteiger partial charge >= 0.3 is 0 Å². The van der Waals surface area contributed by atoms with E-state index in [4.69, 9.17) is 11.6 Å². The first-order valence-corrected chi connectivity index (χ1v) is 7.99. The Morgan fingerprint density at radius 3 is 2.78 bits per heavy atom. The number of hydrogen-bond donors (Lipinski definition) is 1. The highest BCUT2D eigenvalue weighted by Gasteiger charge is 2.37. The lowest BCUT2D eigenvalue weighted by atomic mass is 9.94. The van der Waals surface area contributed by atoms with E-state index in [1.807, 2.05) is 16.4 Å². The number of rotatable bonds is 4. The summed E-state index contributed by atoms with van der Waals surface area (Å²) in [6.07, 6.45) is 2.29. The predicted octanol–water partition coefficient (Wildman–Crippen LogP) is 2.92. The van der Waals surface area contributed by atoms with Gasteiger partial charge in [0.05, 0.1) is 22.0 Å². The van der Waals surface area contributed by atoms with E-state index in [1.165, 1.54) is 0 Å². The standard InChI is InChI=1S/C13H21ClN2OS/c1-4-10-12(14)11(16(5-2)15-10)7-13(17)6-9(3)18-8-13/h9,17H,4-8H2,1-3H3. The summed E-state index contributed by atoms with van der Waals surface area (Å²) < 4.78 is 1.94. The molecule has 2 rings (SSSR count). The third-order valence-corrected chi connectivity index (χ3v) is 5.37. The van der Waals surface area contributed by atoms with Gasteiger partial charge in [-0.05, 0) is 19.8 Å². The highest BCUT2D eigenvalue weighted by Crippen LogP contribution is 2.38. The summed E-state index contributed by atoms with van der Waals surface area (Å²) in [4.78, 5) is 0. The Bertz CT molecular complexity index is 435. The van der Waals surface area contributed by atoms with Gasteiger partial charge in [-0.25, -0.2) is 0 Å². The van der Waals surface area contributed by atoms with Crippen molar-refractivity contribution in [1.82, 2.24) is 9.78 Å². The molecule has 1 fully saturated rings. The normalized spacial score (nSPS) is 27.9. The molecule has 102 valence electrons. The van der Waals surface area contributed by atoms with E-state index in [9.17, 15) is 5.11 Å². The molecule has 1 aliphatic rings. The van der Waals surface area contributed by atoms with E-state index >= 15 is 0 Å². The molecule has 0 amide bonds. The third-order valence-electron chi connectivity index (χ3n) is 3.49. The zero-order chi connectivity index (χ0) is 13.3. The van der Waals surface area contributed by atoms with Crippen molar-refractivity contribution in [3.05, 3.63) is 16.4 Å². The predicted molar refractivity (Wildman–Crippen MR) is 77.5 cm³/mol. The molecule has 0 aliphatic carbocycles. The maximum atomic E-state index is 10.6. The van der Waals surface area contributed by atoms with Crippen LogP contribution in [0.25, 0.3) is 0 Å². The summed E-state index contributed by atoms with van der Waals surface area (Å²) in [7, 11) is 0. The second kappa shape index (κ2) is 5.43. The Labute approximate surface area is 118 Å². The van der Waals surface area contributed by atoms with Crippen LogP contribution in [0, 0.1) is 0 Å². The van der Waals surface area contributed by atoms with Gasteiger partial charge in [0.15, 0.2) is 0 Å². The van der Waals surface area contributed by atoms with Gasteiger partial charge in [0.1, 0.15) is 0 Å². The van der Waals surface area contributed by atoms with E-state index in [2.05, 4.69) is 25.9 Å². The SMILES string of the molecule is CCc1nn(CC)c(CC2(O)CSC(C)C2)c1Cl. The second-order valence-corrected chi connectivity index (χ2v) is 6.91. The van der Waals surface area contributed by atoms with Gasteiger partial charge in [-0.2, -0.15) is 16.9 Å². The molecule has 2 atom stereocenters. The zero-order valence-corrected chi connectivity index (χ0v) is 12.8. The highest BCUT2D eigenvalue weighted by atomic mass is 35.5. The van der Waals surface area contributed by atoms with Crippen LogP contribution in [0.5, 0.6) is 0 Å². The summed E-state index contributed by atoms with van der Waals surface area (Å²) in [6, 6.07) is 0. The van der Waals surface area contributed by atoms with Crippen LogP contribution < -0.4 is 0 Å². The molecule has 1 N–H and O–H groups in total. The number of aliphatic hydroxyl groups is 1. The Morgan fingerprint density at radius 2 is 2.28 bits per heavy atom. The summed E-state index contributed by atoms with van der Waals surface area (Å²) in [5.41, 5.74) is 1.31. The van der Waals surface area contributed by atoms with Gasteiger partial charge in [-0.3, -0.25) is 4.68 Å². The van der Waals surface area contributed by atoms with E-state index < -0.39 is 5.60 Å². The lowest BCUT2D eigenvalue weighted by molar-refractivity contribution is 0.0621. The van der Waals surface area contributed by atoms with Crippen molar-refractivity contribution in [3.63, 3.8) is 0 Å². The van der Waals surface area contributed by atoms with E-state index in [1.54, 1.807) is 0 Å². The molecule has 0 aromatic carbocycles. The average Bonchev–Trinajstić information content (AvgIpc) is 2.82. The van der Waals surface area contributed by atoms with Crippen LogP contribution in [-0.2, 0) is 19.4 Å². The van der Waals surface area contributed by atoms with Gasteiger partial charge < -0.3 is 5.11 Å². The first kappa shape index (κ1) is 14.2. The van der Waals surface area contributed by atoms with Gasteiger partial charge in [0, 0.05) is 24.0 Å². The molecule has 2 unspecified atom stereocenters. The van der Waals surface area contributed by atoms with Gasteiger partial charge in [0.25, 0.3) is 0 Å². The van der Waals surface area contributed by atoms with Crippen molar-refractivity contribution in [2.45, 2.75) is 57.4 Å². The number of halogens is 1. The summed E-state index contributed by atoms with van der Waals surface area (Å²) in [6.45, 7) is 7.08. The summed E-state index contributed by atoms with van der Waals surface area (Å²) in [5, 5.41) is 16.4. The number of aryl methyl sites for hydroxylation is 2. The fraction of sp³-hybridized carbons (Fsp3) is 0.769. The minimum atomic E-state index is -0.619. The lowest BCUT2D eigenvalue weighted by Gasteiger charge is -2.22. The van der Waals surface area contributed by atoms with E-state index in [0.29, 0.717) is 11.7 Å². The monoisotopic (exact) mass is 288 g/mol. The van der Waals surface area contributed by atoms with Crippen LogP contribution in [0.15, 0.2) is 0 Å². The lowest BCUT2D eigenvalue weighted by Crippen LogP contribution is -2.32. The van der Waals surface area contributed by atoms with Crippen molar-refractivity contribution in [1.29, 1.82) is 0 Å². The third kappa shape index (κ3) is 2.70. The van der Waals surface area contributed by atoms with Crippen LogP contribution in [0.4, 0.5) is 0 Å². The molecule has 1 aromatic rings.